The molecule has 3 heterocycles. The largest absolute Gasteiger partial charge is 0.494 e. The van der Waals surface area contributed by atoms with Crippen LogP contribution in [0.2, 0.25) is 0 Å². The van der Waals surface area contributed by atoms with E-state index in [1.54, 1.807) is 7.11 Å². The van der Waals surface area contributed by atoms with Crippen molar-refractivity contribution < 1.29 is 4.74 Å². The predicted molar refractivity (Wildman–Crippen MR) is 96.4 cm³/mol. The van der Waals surface area contributed by atoms with Crippen LogP contribution >= 0.6 is 0 Å². The Kier molecular flexibility index (Phi) is 4.19. The molecular weight excluding hydrogens is 300 g/mol. The lowest BCUT2D eigenvalue weighted by Crippen LogP contribution is -2.33. The Labute approximate surface area is 143 Å². The van der Waals surface area contributed by atoms with Crippen LogP contribution in [0.25, 0.3) is 5.69 Å². The molecule has 0 amide bonds. The van der Waals surface area contributed by atoms with Gasteiger partial charge in [0, 0.05) is 18.0 Å². The highest BCUT2D eigenvalue weighted by Crippen LogP contribution is 2.38. The smallest absolute Gasteiger partial charge is 0.144 e. The zero-order valence-corrected chi connectivity index (χ0v) is 14.6. The number of ether oxygens (including phenoxy) is 1. The molecule has 2 aliphatic heterocycles. The van der Waals surface area contributed by atoms with Crippen LogP contribution in [-0.4, -0.2) is 48.0 Å². The number of piperidine rings is 1. The van der Waals surface area contributed by atoms with E-state index in [1.165, 1.54) is 37.2 Å². The van der Waals surface area contributed by atoms with Crippen LogP contribution in [0.4, 0.5) is 5.82 Å². The molecule has 24 heavy (non-hydrogen) atoms. The van der Waals surface area contributed by atoms with Crippen molar-refractivity contribution in [2.24, 2.45) is 0 Å². The van der Waals surface area contributed by atoms with Gasteiger partial charge >= 0.3 is 0 Å². The summed E-state index contributed by atoms with van der Waals surface area (Å²) >= 11 is 0. The molecule has 0 unspecified atom stereocenters. The van der Waals surface area contributed by atoms with Crippen molar-refractivity contribution in [3.05, 3.63) is 35.5 Å². The van der Waals surface area contributed by atoms with E-state index in [9.17, 15) is 0 Å². The molecule has 1 aromatic carbocycles. The van der Waals surface area contributed by atoms with E-state index in [-0.39, 0.29) is 0 Å². The summed E-state index contributed by atoms with van der Waals surface area (Å²) in [6, 6.07) is 8.12. The van der Waals surface area contributed by atoms with E-state index in [0.29, 0.717) is 5.92 Å². The van der Waals surface area contributed by atoms with E-state index >= 15 is 0 Å². The van der Waals surface area contributed by atoms with Crippen LogP contribution < -0.4 is 10.1 Å². The lowest BCUT2D eigenvalue weighted by molar-refractivity contribution is 0.220. The Morgan fingerprint density at radius 3 is 2.79 bits per heavy atom. The predicted octanol–water partition coefficient (Wildman–Crippen LogP) is 3.05. The number of likely N-dealkylation sites (tertiary alicyclic amines) is 1. The Bertz CT molecular complexity index is 716. The molecule has 2 aliphatic rings. The third-order valence-corrected chi connectivity index (χ3v) is 5.42. The van der Waals surface area contributed by atoms with Crippen molar-refractivity contribution in [2.45, 2.75) is 32.1 Å². The first-order valence-corrected chi connectivity index (χ1v) is 9.03. The average molecular weight is 326 g/mol. The number of rotatable bonds is 4. The number of hydrogen-bond donors (Lipinski definition) is 1. The Morgan fingerprint density at radius 2 is 2.04 bits per heavy atom. The molecule has 1 N–H and O–H groups in total. The summed E-state index contributed by atoms with van der Waals surface area (Å²) in [5, 5.41) is 8.57. The highest BCUT2D eigenvalue weighted by Gasteiger charge is 2.30. The Balaban J connectivity index is 1.71. The van der Waals surface area contributed by atoms with Gasteiger partial charge in [-0.1, -0.05) is 19.1 Å². The number of hydrogen-bond acceptors (Lipinski definition) is 4. The van der Waals surface area contributed by atoms with Gasteiger partial charge in [-0.15, -0.1) is 0 Å². The summed E-state index contributed by atoms with van der Waals surface area (Å²) in [5.74, 6) is 2.61. The maximum atomic E-state index is 5.55. The fraction of sp³-hybridized carbons (Fsp3) is 0.526. The second kappa shape index (κ2) is 6.48. The van der Waals surface area contributed by atoms with Gasteiger partial charge in [0.25, 0.3) is 0 Å². The molecule has 4 rings (SSSR count). The van der Waals surface area contributed by atoms with E-state index in [2.05, 4.69) is 27.9 Å². The van der Waals surface area contributed by atoms with Crippen LogP contribution in [-0.2, 0) is 6.42 Å². The van der Waals surface area contributed by atoms with E-state index in [0.717, 1.165) is 36.8 Å². The second-order valence-corrected chi connectivity index (χ2v) is 6.68. The standard InChI is InChI=1S/C19H26N4O/c1-3-22-12-9-14(10-13-22)18-15-8-11-20-19(15)23(21-18)16-6-4-5-7-17(16)24-2/h4-7,14,20H,3,8-13H2,1-2H3. The molecule has 5 heteroatoms. The first-order chi connectivity index (χ1) is 11.8. The van der Waals surface area contributed by atoms with Gasteiger partial charge in [-0.05, 0) is 51.0 Å². The van der Waals surface area contributed by atoms with Crippen molar-refractivity contribution in [3.8, 4) is 11.4 Å². The van der Waals surface area contributed by atoms with Gasteiger partial charge in [0.2, 0.25) is 0 Å². The molecule has 1 saturated heterocycles. The molecular formula is C19H26N4O. The van der Waals surface area contributed by atoms with Crippen molar-refractivity contribution in [1.29, 1.82) is 0 Å². The van der Waals surface area contributed by atoms with Crippen molar-refractivity contribution in [2.75, 3.05) is 38.6 Å². The first kappa shape index (κ1) is 15.5. The molecule has 1 fully saturated rings. The molecule has 0 atom stereocenters. The SMILES string of the molecule is CCN1CCC(c2nn(-c3ccccc3OC)c3c2CCN3)CC1. The number of methoxy groups -OCH3 is 1. The lowest BCUT2D eigenvalue weighted by atomic mass is 9.91. The van der Waals surface area contributed by atoms with Crippen LogP contribution in [0.5, 0.6) is 5.75 Å². The number of benzene rings is 1. The van der Waals surface area contributed by atoms with Crippen LogP contribution in [0.1, 0.15) is 36.9 Å². The topological polar surface area (TPSA) is 42.3 Å². The highest BCUT2D eigenvalue weighted by atomic mass is 16.5. The number of para-hydroxylation sites is 2. The third kappa shape index (κ3) is 2.57. The number of aromatic nitrogens is 2. The molecule has 2 aromatic rings. The highest BCUT2D eigenvalue weighted by molar-refractivity contribution is 5.60. The van der Waals surface area contributed by atoms with E-state index in [1.807, 2.05) is 18.2 Å². The van der Waals surface area contributed by atoms with E-state index < -0.39 is 0 Å². The fourth-order valence-corrected chi connectivity index (χ4v) is 4.03. The summed E-state index contributed by atoms with van der Waals surface area (Å²) in [7, 11) is 1.72. The molecule has 0 aliphatic carbocycles. The third-order valence-electron chi connectivity index (χ3n) is 5.42. The molecule has 0 spiro atoms. The normalized spacial score (nSPS) is 18.4. The van der Waals surface area contributed by atoms with Crippen LogP contribution in [0, 0.1) is 0 Å². The maximum absolute atomic E-state index is 5.55. The molecule has 128 valence electrons. The minimum Gasteiger partial charge on any atom is -0.494 e. The number of nitrogens with zero attached hydrogens (tertiary/aromatic N) is 3. The summed E-state index contributed by atoms with van der Waals surface area (Å²) in [6.45, 7) is 6.78. The van der Waals surface area contributed by atoms with Crippen LogP contribution in [0.15, 0.2) is 24.3 Å². The number of nitrogens with one attached hydrogen (secondary N) is 1. The molecule has 0 radical (unpaired) electrons. The summed E-state index contributed by atoms with van der Waals surface area (Å²) in [6.07, 6.45) is 3.50. The van der Waals surface area contributed by atoms with Gasteiger partial charge < -0.3 is 15.0 Å². The Morgan fingerprint density at radius 1 is 1.25 bits per heavy atom. The van der Waals surface area contributed by atoms with Crippen molar-refractivity contribution in [3.63, 3.8) is 0 Å². The Hall–Kier alpha value is -2.01. The van der Waals surface area contributed by atoms with E-state index in [4.69, 9.17) is 9.84 Å². The maximum Gasteiger partial charge on any atom is 0.144 e. The summed E-state index contributed by atoms with van der Waals surface area (Å²) in [5.41, 5.74) is 3.73. The van der Waals surface area contributed by atoms with Gasteiger partial charge in [-0.2, -0.15) is 5.10 Å². The zero-order chi connectivity index (χ0) is 16.5. The van der Waals surface area contributed by atoms with Gasteiger partial charge in [0.05, 0.1) is 12.8 Å². The van der Waals surface area contributed by atoms with Gasteiger partial charge in [0.15, 0.2) is 0 Å². The quantitative estimate of drug-likeness (QED) is 0.938. The minimum atomic E-state index is 0.581. The zero-order valence-electron chi connectivity index (χ0n) is 14.6. The molecule has 0 bridgehead atoms. The number of anilines is 1. The summed E-state index contributed by atoms with van der Waals surface area (Å²) in [4.78, 5) is 2.53. The minimum absolute atomic E-state index is 0.581. The molecule has 0 saturated carbocycles. The first-order valence-electron chi connectivity index (χ1n) is 9.03. The monoisotopic (exact) mass is 326 g/mol. The molecule has 1 aromatic heterocycles. The summed E-state index contributed by atoms with van der Waals surface area (Å²) < 4.78 is 7.61. The van der Waals surface area contributed by atoms with Gasteiger partial charge in [-0.25, -0.2) is 4.68 Å². The fourth-order valence-electron chi connectivity index (χ4n) is 4.03. The number of fused-ring (bicyclic) bond motifs is 1. The van der Waals surface area contributed by atoms with Crippen molar-refractivity contribution in [1.82, 2.24) is 14.7 Å². The molecule has 5 nitrogen and oxygen atoms in total. The van der Waals surface area contributed by atoms with Crippen LogP contribution in [0.3, 0.4) is 0 Å². The lowest BCUT2D eigenvalue weighted by Gasteiger charge is -2.30. The van der Waals surface area contributed by atoms with Gasteiger partial charge in [0.1, 0.15) is 17.3 Å². The second-order valence-electron chi connectivity index (χ2n) is 6.68. The van der Waals surface area contributed by atoms with Crippen molar-refractivity contribution >= 4 is 5.82 Å². The van der Waals surface area contributed by atoms with Gasteiger partial charge in [-0.3, -0.25) is 0 Å². The average Bonchev–Trinajstić information content (AvgIpc) is 3.24.